The molecule has 2 aliphatic heterocycles. The maximum absolute atomic E-state index is 12.6. The number of aliphatic hydroxyl groups excluding tert-OH is 1. The average Bonchev–Trinajstić information content (AvgIpc) is 3.03. The standard InChI is InChI=1S/C19H31N5O4/c1-18(22-17(27)4-3-14-5-8-21-23(14)2)13-19(28-12-15(18)25)6-9-24(10-7-19)11-16(20)26/h5,8,15,25H,3-4,6-7,9-13H2,1-2H3,(H2,20,26)(H,22,27)/t15-,18-/m1/s1. The number of aliphatic hydroxyl groups is 1. The number of carbonyl (C=O) groups is 2. The second kappa shape index (κ2) is 8.18. The predicted molar refractivity (Wildman–Crippen MR) is 102 cm³/mol. The van der Waals surface area contributed by atoms with Crippen molar-refractivity contribution in [2.75, 3.05) is 26.2 Å². The summed E-state index contributed by atoms with van der Waals surface area (Å²) in [5, 5.41) is 17.7. The number of rotatable bonds is 6. The molecule has 2 saturated heterocycles. The van der Waals surface area contributed by atoms with Crippen LogP contribution in [-0.4, -0.2) is 75.1 Å². The highest BCUT2D eigenvalue weighted by atomic mass is 16.5. The molecule has 0 radical (unpaired) electrons. The van der Waals surface area contributed by atoms with Gasteiger partial charge in [-0.05, 0) is 32.3 Å². The minimum Gasteiger partial charge on any atom is -0.388 e. The quantitative estimate of drug-likeness (QED) is 0.589. The number of amides is 2. The molecule has 3 rings (SSSR count). The molecular weight excluding hydrogens is 362 g/mol. The highest BCUT2D eigenvalue weighted by molar-refractivity contribution is 5.77. The van der Waals surface area contributed by atoms with E-state index in [2.05, 4.69) is 10.4 Å². The van der Waals surface area contributed by atoms with Crippen molar-refractivity contribution in [2.24, 2.45) is 12.8 Å². The van der Waals surface area contributed by atoms with E-state index in [4.69, 9.17) is 10.5 Å². The second-order valence-electron chi connectivity index (χ2n) is 8.34. The van der Waals surface area contributed by atoms with Crippen molar-refractivity contribution in [3.8, 4) is 0 Å². The first-order chi connectivity index (χ1) is 13.2. The molecule has 0 unspecified atom stereocenters. The summed E-state index contributed by atoms with van der Waals surface area (Å²) in [4.78, 5) is 25.7. The van der Waals surface area contributed by atoms with Gasteiger partial charge in [-0.1, -0.05) is 0 Å². The SMILES string of the molecule is Cn1nccc1CCC(=O)N[C@]1(C)CC2(CCN(CC(N)=O)CC2)OC[C@H]1O. The van der Waals surface area contributed by atoms with E-state index in [1.54, 1.807) is 10.9 Å². The molecule has 0 saturated carbocycles. The number of aromatic nitrogens is 2. The Morgan fingerprint density at radius 3 is 2.75 bits per heavy atom. The maximum atomic E-state index is 12.6. The van der Waals surface area contributed by atoms with Crippen molar-refractivity contribution >= 4 is 11.8 Å². The lowest BCUT2D eigenvalue weighted by Crippen LogP contribution is -2.65. The van der Waals surface area contributed by atoms with E-state index in [1.165, 1.54) is 0 Å². The first-order valence-electron chi connectivity index (χ1n) is 9.82. The Bertz CT molecular complexity index is 713. The molecule has 2 aliphatic rings. The molecule has 2 atom stereocenters. The van der Waals surface area contributed by atoms with Crippen LogP contribution in [0.15, 0.2) is 12.3 Å². The van der Waals surface area contributed by atoms with Crippen LogP contribution in [0.25, 0.3) is 0 Å². The van der Waals surface area contributed by atoms with Crippen molar-refractivity contribution in [1.29, 1.82) is 0 Å². The summed E-state index contributed by atoms with van der Waals surface area (Å²) in [6, 6.07) is 1.90. The van der Waals surface area contributed by atoms with Gasteiger partial charge in [-0.3, -0.25) is 19.2 Å². The molecule has 9 nitrogen and oxygen atoms in total. The van der Waals surface area contributed by atoms with Crippen molar-refractivity contribution in [3.05, 3.63) is 18.0 Å². The van der Waals surface area contributed by atoms with Gasteiger partial charge in [0.25, 0.3) is 0 Å². The fourth-order valence-corrected chi connectivity index (χ4v) is 4.33. The molecule has 4 N–H and O–H groups in total. The van der Waals surface area contributed by atoms with E-state index in [9.17, 15) is 14.7 Å². The molecule has 28 heavy (non-hydrogen) atoms. The van der Waals surface area contributed by atoms with Crippen LogP contribution in [0.1, 0.15) is 38.3 Å². The summed E-state index contributed by atoms with van der Waals surface area (Å²) in [6.07, 6.45) is 3.91. The highest BCUT2D eigenvalue weighted by Crippen LogP contribution is 2.39. The molecule has 2 amide bonds. The lowest BCUT2D eigenvalue weighted by Gasteiger charge is -2.52. The topological polar surface area (TPSA) is 123 Å². The Labute approximate surface area is 165 Å². The van der Waals surface area contributed by atoms with Crippen LogP contribution in [0.5, 0.6) is 0 Å². The minimum absolute atomic E-state index is 0.0917. The Kier molecular flexibility index (Phi) is 6.07. The Hall–Kier alpha value is -1.97. The number of hydrogen-bond acceptors (Lipinski definition) is 6. The van der Waals surface area contributed by atoms with Crippen LogP contribution in [-0.2, 0) is 27.8 Å². The van der Waals surface area contributed by atoms with Crippen molar-refractivity contribution < 1.29 is 19.4 Å². The van der Waals surface area contributed by atoms with Crippen LogP contribution >= 0.6 is 0 Å². The maximum Gasteiger partial charge on any atom is 0.231 e. The molecule has 2 fully saturated rings. The molecule has 0 bridgehead atoms. The zero-order chi connectivity index (χ0) is 20.4. The van der Waals surface area contributed by atoms with Gasteiger partial charge >= 0.3 is 0 Å². The van der Waals surface area contributed by atoms with Crippen molar-refractivity contribution in [1.82, 2.24) is 20.0 Å². The second-order valence-corrected chi connectivity index (χ2v) is 8.34. The molecule has 3 heterocycles. The van der Waals surface area contributed by atoms with Gasteiger partial charge in [0.05, 0.1) is 24.3 Å². The zero-order valence-electron chi connectivity index (χ0n) is 16.7. The molecule has 0 aromatic carbocycles. The third kappa shape index (κ3) is 4.71. The monoisotopic (exact) mass is 393 g/mol. The van der Waals surface area contributed by atoms with Gasteiger partial charge in [0.15, 0.2) is 0 Å². The predicted octanol–water partition coefficient (Wildman–Crippen LogP) is -0.671. The summed E-state index contributed by atoms with van der Waals surface area (Å²) in [7, 11) is 1.85. The van der Waals surface area contributed by atoms with E-state index >= 15 is 0 Å². The van der Waals surface area contributed by atoms with Crippen LogP contribution in [0, 0.1) is 0 Å². The van der Waals surface area contributed by atoms with Crippen LogP contribution in [0.2, 0.25) is 0 Å². The van der Waals surface area contributed by atoms with Gasteiger partial charge in [-0.2, -0.15) is 5.10 Å². The number of nitrogens with two attached hydrogens (primary N) is 1. The van der Waals surface area contributed by atoms with Crippen molar-refractivity contribution in [3.63, 3.8) is 0 Å². The van der Waals surface area contributed by atoms with E-state index in [1.807, 2.05) is 24.9 Å². The fraction of sp³-hybridized carbons (Fsp3) is 0.737. The number of primary amides is 1. The smallest absolute Gasteiger partial charge is 0.231 e. The Morgan fingerprint density at radius 2 is 2.14 bits per heavy atom. The van der Waals surface area contributed by atoms with E-state index in [0.29, 0.717) is 32.4 Å². The van der Waals surface area contributed by atoms with Crippen LogP contribution in [0.3, 0.4) is 0 Å². The van der Waals surface area contributed by atoms with Crippen LogP contribution in [0.4, 0.5) is 0 Å². The Morgan fingerprint density at radius 1 is 1.43 bits per heavy atom. The van der Waals surface area contributed by atoms with Gasteiger partial charge in [-0.25, -0.2) is 0 Å². The third-order valence-electron chi connectivity index (χ3n) is 6.07. The zero-order valence-corrected chi connectivity index (χ0v) is 16.7. The van der Waals surface area contributed by atoms with Gasteiger partial charge in [0.2, 0.25) is 11.8 Å². The molecule has 9 heteroatoms. The number of nitrogens with zero attached hydrogens (tertiary/aromatic N) is 3. The summed E-state index contributed by atoms with van der Waals surface area (Å²) in [5.74, 6) is -0.424. The summed E-state index contributed by atoms with van der Waals surface area (Å²) in [6.45, 7) is 3.75. The molecule has 0 aliphatic carbocycles. The number of hydrogen-bond donors (Lipinski definition) is 3. The molecule has 1 aromatic rings. The number of nitrogens with one attached hydrogen (secondary N) is 1. The molecule has 1 aromatic heterocycles. The summed E-state index contributed by atoms with van der Waals surface area (Å²) in [5.41, 5.74) is 5.14. The van der Waals surface area contributed by atoms with Gasteiger partial charge in [-0.15, -0.1) is 0 Å². The highest BCUT2D eigenvalue weighted by Gasteiger charge is 2.50. The largest absolute Gasteiger partial charge is 0.388 e. The van der Waals surface area contributed by atoms with E-state index in [0.717, 1.165) is 18.5 Å². The molecular formula is C19H31N5O4. The summed E-state index contributed by atoms with van der Waals surface area (Å²) >= 11 is 0. The van der Waals surface area contributed by atoms with Gasteiger partial charge < -0.3 is 20.9 Å². The van der Waals surface area contributed by atoms with E-state index in [-0.39, 0.29) is 25.0 Å². The van der Waals surface area contributed by atoms with Crippen LogP contribution < -0.4 is 11.1 Å². The molecule has 156 valence electrons. The third-order valence-corrected chi connectivity index (χ3v) is 6.07. The number of piperidine rings is 1. The van der Waals surface area contributed by atoms with E-state index < -0.39 is 17.2 Å². The number of carbonyl (C=O) groups excluding carboxylic acids is 2. The first-order valence-corrected chi connectivity index (χ1v) is 9.82. The Balaban J connectivity index is 1.57. The average molecular weight is 393 g/mol. The lowest BCUT2D eigenvalue weighted by molar-refractivity contribution is -0.181. The van der Waals surface area contributed by atoms with Gasteiger partial charge in [0, 0.05) is 44.9 Å². The number of aryl methyl sites for hydroxylation is 2. The fourth-order valence-electron chi connectivity index (χ4n) is 4.33. The summed E-state index contributed by atoms with van der Waals surface area (Å²) < 4.78 is 7.78. The van der Waals surface area contributed by atoms with Crippen molar-refractivity contribution in [2.45, 2.75) is 56.3 Å². The number of likely N-dealkylation sites (tertiary alicyclic amines) is 1. The normalized spacial score (nSPS) is 27.6. The lowest BCUT2D eigenvalue weighted by atomic mass is 9.74. The molecule has 1 spiro atoms. The minimum atomic E-state index is -0.762. The first kappa shape index (κ1) is 20.8. The van der Waals surface area contributed by atoms with Gasteiger partial charge in [0.1, 0.15) is 6.10 Å². The number of ether oxygens (including phenoxy) is 1.